The summed E-state index contributed by atoms with van der Waals surface area (Å²) in [4.78, 5) is 24.4. The normalized spacial score (nSPS) is 19.9. The molecule has 230 valence electrons. The van der Waals surface area contributed by atoms with Gasteiger partial charge in [0.15, 0.2) is 0 Å². The molecule has 2 unspecified atom stereocenters. The smallest absolute Gasteiger partial charge is 0.354 e. The summed E-state index contributed by atoms with van der Waals surface area (Å²) in [5.41, 5.74) is 0.438. The van der Waals surface area contributed by atoms with E-state index < -0.39 is 39.5 Å². The quantitative estimate of drug-likeness (QED) is 0.347. The van der Waals surface area contributed by atoms with Crippen LogP contribution in [0.1, 0.15) is 30.5 Å². The van der Waals surface area contributed by atoms with Crippen LogP contribution in [0.25, 0.3) is 11.3 Å². The lowest BCUT2D eigenvalue weighted by Crippen LogP contribution is -2.45. The number of hydrogen-bond donors (Lipinski definition) is 2. The van der Waals surface area contributed by atoms with Crippen LogP contribution in [-0.4, -0.2) is 72.8 Å². The molecule has 43 heavy (non-hydrogen) atoms. The average Bonchev–Trinajstić information content (AvgIpc) is 3.64. The SMILES string of the molecule is CN1CCC(CNc2nc(CNC(=O)C3CCCN3S(=O)(=O)c3ccc(F)cc3)cc(-c3ccc(C(F)(F)F)cc3)n2)C1. The Morgan fingerprint density at radius 3 is 2.40 bits per heavy atom. The molecular formula is C29H32F4N6O3S. The first kappa shape index (κ1) is 30.8. The van der Waals surface area contributed by atoms with E-state index in [2.05, 4.69) is 25.5 Å². The highest BCUT2D eigenvalue weighted by atomic mass is 32.2. The number of likely N-dealkylation sites (tertiary alicyclic amines) is 1. The fraction of sp³-hybridized carbons (Fsp3) is 0.414. The Kier molecular flexibility index (Phi) is 8.99. The van der Waals surface area contributed by atoms with E-state index in [1.54, 1.807) is 6.07 Å². The zero-order valence-corrected chi connectivity index (χ0v) is 24.3. The average molecular weight is 621 g/mol. The van der Waals surface area contributed by atoms with Crippen LogP contribution < -0.4 is 10.6 Å². The van der Waals surface area contributed by atoms with E-state index in [9.17, 15) is 30.8 Å². The van der Waals surface area contributed by atoms with Crippen molar-refractivity contribution in [3.8, 4) is 11.3 Å². The molecule has 2 aliphatic rings. The van der Waals surface area contributed by atoms with Gasteiger partial charge in [-0.15, -0.1) is 0 Å². The predicted molar refractivity (Wildman–Crippen MR) is 152 cm³/mol. The van der Waals surface area contributed by atoms with Crippen molar-refractivity contribution in [2.24, 2.45) is 5.92 Å². The molecule has 3 aromatic rings. The van der Waals surface area contributed by atoms with Crippen LogP contribution in [0.15, 0.2) is 59.5 Å². The van der Waals surface area contributed by atoms with E-state index in [1.807, 2.05) is 7.05 Å². The number of carbonyl (C=O) groups is 1. The van der Waals surface area contributed by atoms with Gasteiger partial charge >= 0.3 is 6.18 Å². The molecule has 3 heterocycles. The molecule has 9 nitrogen and oxygen atoms in total. The lowest BCUT2D eigenvalue weighted by atomic mass is 10.1. The number of rotatable bonds is 9. The van der Waals surface area contributed by atoms with Crippen molar-refractivity contribution in [2.75, 3.05) is 38.5 Å². The molecule has 2 atom stereocenters. The number of nitrogens with one attached hydrogen (secondary N) is 2. The molecule has 0 bridgehead atoms. The third kappa shape index (κ3) is 7.31. The minimum absolute atomic E-state index is 0.0588. The second kappa shape index (κ2) is 12.5. The predicted octanol–water partition coefficient (Wildman–Crippen LogP) is 4.13. The summed E-state index contributed by atoms with van der Waals surface area (Å²) in [5, 5.41) is 5.99. The summed E-state index contributed by atoms with van der Waals surface area (Å²) in [6.45, 7) is 2.58. The van der Waals surface area contributed by atoms with E-state index >= 15 is 0 Å². The second-order valence-electron chi connectivity index (χ2n) is 10.9. The molecule has 5 rings (SSSR count). The van der Waals surface area contributed by atoms with Crippen LogP contribution >= 0.6 is 0 Å². The van der Waals surface area contributed by atoms with Crippen molar-refractivity contribution in [3.05, 3.63) is 71.7 Å². The highest BCUT2D eigenvalue weighted by Crippen LogP contribution is 2.31. The Morgan fingerprint density at radius 2 is 1.74 bits per heavy atom. The lowest BCUT2D eigenvalue weighted by Gasteiger charge is -2.23. The first-order valence-corrected chi connectivity index (χ1v) is 15.4. The maximum absolute atomic E-state index is 13.4. The van der Waals surface area contributed by atoms with Gasteiger partial charge in [0.1, 0.15) is 11.9 Å². The molecule has 2 saturated heterocycles. The summed E-state index contributed by atoms with van der Waals surface area (Å²) in [6.07, 6.45) is -2.67. The van der Waals surface area contributed by atoms with Gasteiger partial charge in [-0.1, -0.05) is 12.1 Å². The molecule has 0 spiro atoms. The number of hydrogen-bond acceptors (Lipinski definition) is 7. The molecule has 0 radical (unpaired) electrons. The number of sulfonamides is 1. The van der Waals surface area contributed by atoms with Crippen molar-refractivity contribution < 1.29 is 30.8 Å². The largest absolute Gasteiger partial charge is 0.416 e. The van der Waals surface area contributed by atoms with Gasteiger partial charge in [0.05, 0.1) is 28.4 Å². The second-order valence-corrected chi connectivity index (χ2v) is 12.8. The Labute approximate surface area is 247 Å². The van der Waals surface area contributed by atoms with Crippen LogP contribution in [-0.2, 0) is 27.5 Å². The lowest BCUT2D eigenvalue weighted by molar-refractivity contribution is -0.137. The van der Waals surface area contributed by atoms with Crippen LogP contribution in [0, 0.1) is 11.7 Å². The van der Waals surface area contributed by atoms with E-state index in [-0.39, 0.29) is 23.9 Å². The first-order chi connectivity index (χ1) is 20.4. The monoisotopic (exact) mass is 620 g/mol. The van der Waals surface area contributed by atoms with Gasteiger partial charge in [-0.25, -0.2) is 22.8 Å². The van der Waals surface area contributed by atoms with Gasteiger partial charge in [-0.3, -0.25) is 4.79 Å². The van der Waals surface area contributed by atoms with Gasteiger partial charge < -0.3 is 15.5 Å². The third-order valence-electron chi connectivity index (χ3n) is 7.70. The van der Waals surface area contributed by atoms with Gasteiger partial charge in [0, 0.05) is 25.2 Å². The Bertz CT molecular complexity index is 1550. The van der Waals surface area contributed by atoms with Crippen LogP contribution in [0.4, 0.5) is 23.5 Å². The Morgan fingerprint density at radius 1 is 1.02 bits per heavy atom. The van der Waals surface area contributed by atoms with Crippen molar-refractivity contribution in [3.63, 3.8) is 0 Å². The van der Waals surface area contributed by atoms with E-state index in [0.29, 0.717) is 42.3 Å². The number of carbonyl (C=O) groups excluding carboxylic acids is 1. The molecule has 1 aromatic heterocycles. The number of aromatic nitrogens is 2. The number of halogens is 4. The van der Waals surface area contributed by atoms with Crippen LogP contribution in [0.5, 0.6) is 0 Å². The minimum atomic E-state index is -4.47. The van der Waals surface area contributed by atoms with Crippen molar-refractivity contribution >= 4 is 21.9 Å². The number of amides is 1. The number of alkyl halides is 3. The standard InChI is InChI=1S/C29H32F4N6O3S/c1-38-14-12-19(18-38)16-35-28-36-23(15-25(37-28)20-4-6-21(7-5-20)29(31,32)33)17-34-27(40)26-3-2-13-39(26)43(41,42)24-10-8-22(30)9-11-24/h4-11,15,19,26H,2-3,12-14,16-18H2,1H3,(H,34,40)(H,35,36,37). The number of benzene rings is 2. The van der Waals surface area contributed by atoms with Crippen LogP contribution in [0.2, 0.25) is 0 Å². The van der Waals surface area contributed by atoms with Gasteiger partial charge in [-0.2, -0.15) is 17.5 Å². The number of nitrogens with zero attached hydrogens (tertiary/aromatic N) is 4. The van der Waals surface area contributed by atoms with E-state index in [1.165, 1.54) is 24.3 Å². The first-order valence-electron chi connectivity index (χ1n) is 13.9. The van der Waals surface area contributed by atoms with Crippen molar-refractivity contribution in [1.29, 1.82) is 0 Å². The van der Waals surface area contributed by atoms with Crippen molar-refractivity contribution in [2.45, 2.75) is 42.9 Å². The highest BCUT2D eigenvalue weighted by molar-refractivity contribution is 7.89. The molecule has 0 aliphatic carbocycles. The maximum atomic E-state index is 13.4. The molecule has 14 heteroatoms. The van der Waals surface area contributed by atoms with Crippen molar-refractivity contribution in [1.82, 2.24) is 24.5 Å². The Hall–Kier alpha value is -3.62. The summed E-state index contributed by atoms with van der Waals surface area (Å²) in [5.74, 6) is -0.429. The highest BCUT2D eigenvalue weighted by Gasteiger charge is 2.39. The molecule has 2 N–H and O–H groups in total. The summed E-state index contributed by atoms with van der Waals surface area (Å²) < 4.78 is 80.2. The maximum Gasteiger partial charge on any atom is 0.416 e. The molecule has 2 aromatic carbocycles. The Balaban J connectivity index is 1.33. The fourth-order valence-corrected chi connectivity index (χ4v) is 7.06. The van der Waals surface area contributed by atoms with Gasteiger partial charge in [0.25, 0.3) is 0 Å². The third-order valence-corrected chi connectivity index (χ3v) is 9.62. The van der Waals surface area contributed by atoms with Crippen LogP contribution in [0.3, 0.4) is 0 Å². The zero-order valence-electron chi connectivity index (χ0n) is 23.4. The summed E-state index contributed by atoms with van der Waals surface area (Å²) in [6, 6.07) is 9.70. The molecular weight excluding hydrogens is 588 g/mol. The minimum Gasteiger partial charge on any atom is -0.354 e. The molecule has 2 aliphatic heterocycles. The van der Waals surface area contributed by atoms with Gasteiger partial charge in [0.2, 0.25) is 21.9 Å². The van der Waals surface area contributed by atoms with E-state index in [0.717, 1.165) is 48.1 Å². The number of anilines is 1. The summed E-state index contributed by atoms with van der Waals surface area (Å²) in [7, 11) is -1.99. The van der Waals surface area contributed by atoms with E-state index in [4.69, 9.17) is 0 Å². The molecule has 0 saturated carbocycles. The molecule has 2 fully saturated rings. The van der Waals surface area contributed by atoms with Gasteiger partial charge in [-0.05, 0) is 81.2 Å². The topological polar surface area (TPSA) is 108 Å². The molecule has 1 amide bonds. The summed E-state index contributed by atoms with van der Waals surface area (Å²) >= 11 is 0. The zero-order chi connectivity index (χ0) is 30.8. The fourth-order valence-electron chi connectivity index (χ4n) is 5.40.